The zero-order valence-corrected chi connectivity index (χ0v) is 11.1. The number of fused-ring (bicyclic) bond motifs is 1. The lowest BCUT2D eigenvalue weighted by molar-refractivity contribution is 0.935. The summed E-state index contributed by atoms with van der Waals surface area (Å²) in [6.07, 6.45) is 0.916. The van der Waals surface area contributed by atoms with E-state index in [1.807, 2.05) is 24.3 Å². The summed E-state index contributed by atoms with van der Waals surface area (Å²) in [4.78, 5) is 0. The third-order valence-corrected chi connectivity index (χ3v) is 3.37. The van der Waals surface area contributed by atoms with E-state index >= 15 is 0 Å². The molecule has 2 aromatic rings. The quantitative estimate of drug-likeness (QED) is 0.786. The number of rotatable bonds is 1. The molecule has 2 heterocycles. The van der Waals surface area contributed by atoms with E-state index in [1.54, 1.807) is 4.68 Å². The fraction of sp³-hybridized carbons (Fsp3) is 0.167. The fourth-order valence-corrected chi connectivity index (χ4v) is 2.52. The van der Waals surface area contributed by atoms with Crippen LogP contribution in [-0.4, -0.2) is 21.4 Å². The van der Waals surface area contributed by atoms with Crippen molar-refractivity contribution >= 4 is 34.7 Å². The Morgan fingerprint density at radius 1 is 1.50 bits per heavy atom. The Morgan fingerprint density at radius 2 is 2.33 bits per heavy atom. The van der Waals surface area contributed by atoms with Crippen molar-refractivity contribution in [2.45, 2.75) is 6.42 Å². The van der Waals surface area contributed by atoms with Gasteiger partial charge in [0.2, 0.25) is 0 Å². The van der Waals surface area contributed by atoms with Gasteiger partial charge in [-0.1, -0.05) is 23.7 Å². The summed E-state index contributed by atoms with van der Waals surface area (Å²) in [5.41, 5.74) is 8.70. The first-order valence-corrected chi connectivity index (χ1v) is 6.37. The van der Waals surface area contributed by atoms with E-state index in [1.165, 1.54) is 0 Å². The highest BCUT2D eigenvalue weighted by Gasteiger charge is 2.24. The number of hydrogen-bond acceptors (Lipinski definition) is 3. The summed E-state index contributed by atoms with van der Waals surface area (Å²) in [6.45, 7) is 0.878. The van der Waals surface area contributed by atoms with Gasteiger partial charge in [-0.15, -0.1) is 0 Å². The van der Waals surface area contributed by atoms with Gasteiger partial charge in [-0.2, -0.15) is 9.78 Å². The summed E-state index contributed by atoms with van der Waals surface area (Å²) in [5, 5.41) is 8.66. The number of aromatic nitrogens is 2. The fourth-order valence-electron chi connectivity index (χ4n) is 2.20. The molecule has 0 unspecified atom stereocenters. The number of thiocarbonyl (C=S) groups is 1. The molecule has 0 aliphatic carbocycles. The maximum absolute atomic E-state index is 6.01. The predicted molar refractivity (Wildman–Crippen MR) is 77.1 cm³/mol. The van der Waals surface area contributed by atoms with Crippen LogP contribution >= 0.6 is 23.8 Å². The highest BCUT2D eigenvalue weighted by Crippen LogP contribution is 2.33. The van der Waals surface area contributed by atoms with Crippen LogP contribution in [0.3, 0.4) is 0 Å². The van der Waals surface area contributed by atoms with Gasteiger partial charge in [0, 0.05) is 22.7 Å². The van der Waals surface area contributed by atoms with Gasteiger partial charge in [0.15, 0.2) is 5.11 Å². The smallest absolute Gasteiger partial charge is 0.193 e. The van der Waals surface area contributed by atoms with Crippen LogP contribution in [0.2, 0.25) is 5.02 Å². The molecule has 4 nitrogen and oxygen atoms in total. The van der Waals surface area contributed by atoms with Crippen molar-refractivity contribution in [2.24, 2.45) is 5.73 Å². The molecule has 0 saturated heterocycles. The van der Waals surface area contributed by atoms with Crippen LogP contribution in [-0.2, 0) is 6.42 Å². The molecule has 1 aromatic carbocycles. The molecule has 0 fully saturated rings. The molecule has 92 valence electrons. The van der Waals surface area contributed by atoms with Crippen LogP contribution in [0.1, 0.15) is 5.56 Å². The lowest BCUT2D eigenvalue weighted by atomic mass is 10.1. The summed E-state index contributed by atoms with van der Waals surface area (Å²) in [6, 6.07) is 7.63. The van der Waals surface area contributed by atoms with Crippen LogP contribution in [0.15, 0.2) is 24.3 Å². The number of hydrogen-bond donors (Lipinski definition) is 2. The molecule has 1 aliphatic rings. The highest BCUT2D eigenvalue weighted by atomic mass is 35.5. The van der Waals surface area contributed by atoms with Gasteiger partial charge in [0.25, 0.3) is 0 Å². The van der Waals surface area contributed by atoms with Gasteiger partial charge >= 0.3 is 0 Å². The van der Waals surface area contributed by atoms with Crippen molar-refractivity contribution in [1.29, 1.82) is 0 Å². The maximum Gasteiger partial charge on any atom is 0.193 e. The predicted octanol–water partition coefficient (Wildman–Crippen LogP) is 2.26. The zero-order valence-electron chi connectivity index (χ0n) is 9.48. The lowest BCUT2D eigenvalue weighted by Gasteiger charge is -2.02. The Morgan fingerprint density at radius 3 is 3.06 bits per heavy atom. The third kappa shape index (κ3) is 1.76. The van der Waals surface area contributed by atoms with E-state index in [9.17, 15) is 0 Å². The second-order valence-electron chi connectivity index (χ2n) is 4.11. The Hall–Kier alpha value is -1.59. The highest BCUT2D eigenvalue weighted by molar-refractivity contribution is 7.80. The molecular weight excluding hydrogens is 268 g/mol. The zero-order chi connectivity index (χ0) is 12.7. The molecule has 0 radical (unpaired) electrons. The molecule has 6 heteroatoms. The van der Waals surface area contributed by atoms with E-state index in [4.69, 9.17) is 29.6 Å². The molecule has 18 heavy (non-hydrogen) atoms. The lowest BCUT2D eigenvalue weighted by Crippen LogP contribution is -2.22. The average Bonchev–Trinajstić information content (AvgIpc) is 2.88. The topological polar surface area (TPSA) is 55.9 Å². The molecule has 1 aromatic heterocycles. The Balaban J connectivity index is 2.19. The van der Waals surface area contributed by atoms with Gasteiger partial charge in [-0.05, 0) is 30.8 Å². The van der Waals surface area contributed by atoms with Crippen molar-refractivity contribution in [3.05, 3.63) is 34.9 Å². The van der Waals surface area contributed by atoms with E-state index in [0.717, 1.165) is 35.6 Å². The molecule has 1 aliphatic heterocycles. The summed E-state index contributed by atoms with van der Waals surface area (Å²) in [7, 11) is 0. The second kappa shape index (κ2) is 4.26. The van der Waals surface area contributed by atoms with Crippen molar-refractivity contribution in [2.75, 3.05) is 11.9 Å². The van der Waals surface area contributed by atoms with Gasteiger partial charge in [-0.3, -0.25) is 0 Å². The van der Waals surface area contributed by atoms with Crippen LogP contribution < -0.4 is 11.1 Å². The molecule has 0 spiro atoms. The SMILES string of the molecule is NC(=S)n1nc(-c2cccc(Cl)c2)c2c1NCC2. The summed E-state index contributed by atoms with van der Waals surface area (Å²) < 4.78 is 1.58. The Labute approximate surface area is 115 Å². The standard InChI is InChI=1S/C12H11ClN4S/c13-8-3-1-2-7(6-8)10-9-4-5-15-11(9)17(16-10)12(14)18/h1-3,6,15H,4-5H2,(H2,14,18). The number of halogens is 1. The first-order valence-electron chi connectivity index (χ1n) is 5.58. The van der Waals surface area contributed by atoms with E-state index in [0.29, 0.717) is 5.02 Å². The van der Waals surface area contributed by atoms with Crippen molar-refractivity contribution in [1.82, 2.24) is 9.78 Å². The van der Waals surface area contributed by atoms with Crippen molar-refractivity contribution in [3.8, 4) is 11.3 Å². The number of anilines is 1. The van der Waals surface area contributed by atoms with Crippen LogP contribution in [0.25, 0.3) is 11.3 Å². The third-order valence-electron chi connectivity index (χ3n) is 2.96. The largest absolute Gasteiger partial charge is 0.374 e. The summed E-state index contributed by atoms with van der Waals surface area (Å²) in [5.74, 6) is 0.900. The summed E-state index contributed by atoms with van der Waals surface area (Å²) >= 11 is 11.0. The van der Waals surface area contributed by atoms with E-state index < -0.39 is 0 Å². The van der Waals surface area contributed by atoms with E-state index in [2.05, 4.69) is 10.4 Å². The minimum Gasteiger partial charge on any atom is -0.374 e. The minimum absolute atomic E-state index is 0.244. The molecular formula is C12H11ClN4S. The number of nitrogens with zero attached hydrogens (tertiary/aromatic N) is 2. The molecule has 0 atom stereocenters. The second-order valence-corrected chi connectivity index (χ2v) is 4.97. The number of nitrogens with two attached hydrogens (primary N) is 1. The van der Waals surface area contributed by atoms with Crippen molar-refractivity contribution < 1.29 is 0 Å². The van der Waals surface area contributed by atoms with Crippen LogP contribution in [0.5, 0.6) is 0 Å². The maximum atomic E-state index is 6.01. The first kappa shape index (κ1) is 11.5. The van der Waals surface area contributed by atoms with Gasteiger partial charge < -0.3 is 11.1 Å². The minimum atomic E-state index is 0.244. The van der Waals surface area contributed by atoms with Gasteiger partial charge in [0.05, 0.1) is 5.69 Å². The van der Waals surface area contributed by atoms with Gasteiger partial charge in [0.1, 0.15) is 5.82 Å². The molecule has 0 saturated carbocycles. The Bertz CT molecular complexity index is 635. The average molecular weight is 279 g/mol. The van der Waals surface area contributed by atoms with Crippen LogP contribution in [0, 0.1) is 0 Å². The van der Waals surface area contributed by atoms with Gasteiger partial charge in [-0.25, -0.2) is 0 Å². The molecule has 0 bridgehead atoms. The van der Waals surface area contributed by atoms with Crippen LogP contribution in [0.4, 0.5) is 5.82 Å². The monoisotopic (exact) mass is 278 g/mol. The van der Waals surface area contributed by atoms with E-state index in [-0.39, 0.29) is 5.11 Å². The number of nitrogens with one attached hydrogen (secondary N) is 1. The first-order chi connectivity index (χ1) is 8.66. The van der Waals surface area contributed by atoms with Crippen molar-refractivity contribution in [3.63, 3.8) is 0 Å². The normalized spacial score (nSPS) is 13.2. The Kier molecular flexibility index (Phi) is 2.72. The molecule has 3 N–H and O–H groups in total. The molecule has 0 amide bonds. The number of benzene rings is 1. The molecule has 3 rings (SSSR count).